The zero-order valence-corrected chi connectivity index (χ0v) is 18.9. The standard InChI is InChI=1S/C6H10O3.3C4H10O.Ti/c1-3-9-6(8)4-5(2)7;3*1-3-4(2)5;/h3-4H2,1-2H3;3*4-5H,3H2,1-2H3;. The summed E-state index contributed by atoms with van der Waals surface area (Å²) >= 11 is 0. The van der Waals surface area contributed by atoms with E-state index in [4.69, 9.17) is 15.3 Å². The molecule has 0 aliphatic carbocycles. The molecule has 3 atom stereocenters. The number of rotatable bonds is 6. The van der Waals surface area contributed by atoms with Crippen molar-refractivity contribution in [3.8, 4) is 0 Å². The summed E-state index contributed by atoms with van der Waals surface area (Å²) in [5.74, 6) is -0.599. The van der Waals surface area contributed by atoms with Gasteiger partial charge in [0.15, 0.2) is 0 Å². The molecule has 0 aromatic rings. The number of carbonyl (C=O) groups is 2. The fraction of sp³-hybridized carbons (Fsp3) is 0.889. The third kappa shape index (κ3) is 69.1. The molecule has 0 spiro atoms. The maximum Gasteiger partial charge on any atom is 0.313 e. The molecule has 0 aromatic heterocycles. The molecule has 3 unspecified atom stereocenters. The van der Waals surface area contributed by atoms with Crippen LogP contribution in [-0.4, -0.2) is 52.0 Å². The van der Waals surface area contributed by atoms with Crippen molar-refractivity contribution in [1.29, 1.82) is 0 Å². The first-order valence-corrected chi connectivity index (χ1v) is 8.67. The Hall–Kier alpha value is -0.266. The van der Waals surface area contributed by atoms with Gasteiger partial charge in [0.2, 0.25) is 0 Å². The maximum atomic E-state index is 10.4. The van der Waals surface area contributed by atoms with Crippen molar-refractivity contribution < 1.29 is 51.4 Å². The van der Waals surface area contributed by atoms with Crippen molar-refractivity contribution in [1.82, 2.24) is 0 Å². The van der Waals surface area contributed by atoms with Crippen molar-refractivity contribution in [2.75, 3.05) is 6.61 Å². The number of aliphatic hydroxyl groups is 3. The normalized spacial score (nSPS) is 12.1. The van der Waals surface area contributed by atoms with Crippen LogP contribution in [-0.2, 0) is 36.0 Å². The summed E-state index contributed by atoms with van der Waals surface area (Å²) in [4.78, 5) is 20.6. The van der Waals surface area contributed by atoms with E-state index in [1.54, 1.807) is 27.7 Å². The summed E-state index contributed by atoms with van der Waals surface area (Å²) in [6.45, 7) is 14.6. The minimum atomic E-state index is -0.440. The van der Waals surface area contributed by atoms with Crippen molar-refractivity contribution >= 4 is 11.8 Å². The van der Waals surface area contributed by atoms with E-state index >= 15 is 0 Å². The largest absolute Gasteiger partial charge is 0.466 e. The summed E-state index contributed by atoms with van der Waals surface area (Å²) in [7, 11) is 0. The molecule has 25 heavy (non-hydrogen) atoms. The molecule has 0 heterocycles. The van der Waals surface area contributed by atoms with Crippen LogP contribution >= 0.6 is 0 Å². The first-order chi connectivity index (χ1) is 11.0. The molecule has 152 valence electrons. The Morgan fingerprint density at radius 1 is 0.800 bits per heavy atom. The predicted octanol–water partition coefficient (Wildman–Crippen LogP) is 2.86. The number of Topliss-reactive ketones (excluding diaryl/α,β-unsaturated/α-hetero) is 1. The Kier molecular flexibility index (Phi) is 40.8. The quantitative estimate of drug-likeness (QED) is 0.360. The van der Waals surface area contributed by atoms with Crippen molar-refractivity contribution in [2.24, 2.45) is 0 Å². The van der Waals surface area contributed by atoms with Gasteiger partial charge in [-0.05, 0) is 53.9 Å². The van der Waals surface area contributed by atoms with Gasteiger partial charge in [-0.25, -0.2) is 0 Å². The van der Waals surface area contributed by atoms with Gasteiger partial charge in [-0.15, -0.1) is 0 Å². The number of esters is 1. The molecule has 0 radical (unpaired) electrons. The van der Waals surface area contributed by atoms with Gasteiger partial charge < -0.3 is 20.1 Å². The molecule has 0 saturated carbocycles. The Labute approximate surface area is 169 Å². The average molecular weight is 400 g/mol. The zero-order chi connectivity index (χ0) is 20.1. The van der Waals surface area contributed by atoms with Gasteiger partial charge in [0.25, 0.3) is 0 Å². The maximum absolute atomic E-state index is 10.4. The van der Waals surface area contributed by atoms with Gasteiger partial charge in [0.05, 0.1) is 24.9 Å². The Morgan fingerprint density at radius 3 is 1.16 bits per heavy atom. The second-order valence-electron chi connectivity index (χ2n) is 5.46. The van der Waals surface area contributed by atoms with E-state index < -0.39 is 5.97 Å². The van der Waals surface area contributed by atoms with Crippen LogP contribution in [0.25, 0.3) is 0 Å². The molecule has 0 aromatic carbocycles. The van der Waals surface area contributed by atoms with Gasteiger partial charge in [-0.1, -0.05) is 20.8 Å². The summed E-state index contributed by atoms with van der Waals surface area (Å²) in [6.07, 6.45) is 2.13. The Balaban J connectivity index is -0.0000000733. The van der Waals surface area contributed by atoms with E-state index in [0.717, 1.165) is 19.3 Å². The van der Waals surface area contributed by atoms with Crippen LogP contribution in [0.3, 0.4) is 0 Å². The van der Waals surface area contributed by atoms with Gasteiger partial charge in [-0.2, -0.15) is 0 Å². The first-order valence-electron chi connectivity index (χ1n) is 8.67. The molecular weight excluding hydrogens is 360 g/mol. The number of ether oxygens (including phenoxy) is 1. The predicted molar refractivity (Wildman–Crippen MR) is 97.8 cm³/mol. The Bertz CT molecular complexity index is 249. The molecule has 7 heteroatoms. The number of ketones is 1. The second-order valence-corrected chi connectivity index (χ2v) is 5.46. The minimum absolute atomic E-state index is 0. The topological polar surface area (TPSA) is 104 Å². The SMILES string of the molecule is CCC(C)O.CCC(C)O.CCC(C)O.CCOC(=O)CC(C)=O.[Ti]. The van der Waals surface area contributed by atoms with Crippen LogP contribution < -0.4 is 0 Å². The van der Waals surface area contributed by atoms with E-state index in [1.165, 1.54) is 6.92 Å². The summed E-state index contributed by atoms with van der Waals surface area (Å²) in [6, 6.07) is 0. The molecular formula is C18H40O6Ti. The van der Waals surface area contributed by atoms with Crippen LogP contribution in [0.5, 0.6) is 0 Å². The zero-order valence-electron chi connectivity index (χ0n) is 17.3. The average Bonchev–Trinajstić information content (AvgIpc) is 2.48. The van der Waals surface area contributed by atoms with Crippen LogP contribution in [0.15, 0.2) is 0 Å². The number of hydrogen-bond donors (Lipinski definition) is 3. The fourth-order valence-electron chi connectivity index (χ4n) is 0.415. The third-order valence-electron chi connectivity index (χ3n) is 2.47. The fourth-order valence-corrected chi connectivity index (χ4v) is 0.415. The molecule has 6 nitrogen and oxygen atoms in total. The van der Waals surface area contributed by atoms with Crippen LogP contribution in [0.1, 0.15) is 81.1 Å². The van der Waals surface area contributed by atoms with Crippen LogP contribution in [0.4, 0.5) is 0 Å². The number of hydrogen-bond acceptors (Lipinski definition) is 6. The van der Waals surface area contributed by atoms with Crippen molar-refractivity contribution in [3.63, 3.8) is 0 Å². The first kappa shape index (κ1) is 35.8. The third-order valence-corrected chi connectivity index (χ3v) is 2.47. The van der Waals surface area contributed by atoms with Gasteiger partial charge in [0.1, 0.15) is 12.2 Å². The minimum Gasteiger partial charge on any atom is -0.466 e. The molecule has 3 N–H and O–H groups in total. The van der Waals surface area contributed by atoms with E-state index in [9.17, 15) is 9.59 Å². The molecule has 0 bridgehead atoms. The number of carbonyl (C=O) groups excluding carboxylic acids is 2. The van der Waals surface area contributed by atoms with Gasteiger partial charge in [0, 0.05) is 21.7 Å². The molecule has 0 aliphatic rings. The van der Waals surface area contributed by atoms with E-state index in [2.05, 4.69) is 4.74 Å². The number of aliphatic hydroxyl groups excluding tert-OH is 3. The van der Waals surface area contributed by atoms with E-state index in [0.29, 0.717) is 6.61 Å². The van der Waals surface area contributed by atoms with Crippen LogP contribution in [0, 0.1) is 0 Å². The molecule has 0 amide bonds. The van der Waals surface area contributed by atoms with Crippen molar-refractivity contribution in [2.45, 2.75) is 99.4 Å². The molecule has 0 fully saturated rings. The van der Waals surface area contributed by atoms with E-state index in [-0.39, 0.29) is 52.2 Å². The van der Waals surface area contributed by atoms with Crippen molar-refractivity contribution in [3.05, 3.63) is 0 Å². The monoisotopic (exact) mass is 400 g/mol. The molecule has 0 saturated heterocycles. The van der Waals surface area contributed by atoms with E-state index in [1.807, 2.05) is 20.8 Å². The van der Waals surface area contributed by atoms with Gasteiger partial charge in [-0.3, -0.25) is 9.59 Å². The van der Waals surface area contributed by atoms with Crippen LogP contribution in [0.2, 0.25) is 0 Å². The summed E-state index contributed by atoms with van der Waals surface area (Å²) in [5, 5.41) is 25.1. The molecule has 0 aliphatic heterocycles. The molecule has 0 rings (SSSR count). The summed E-state index contributed by atoms with van der Waals surface area (Å²) in [5.41, 5.74) is 0. The summed E-state index contributed by atoms with van der Waals surface area (Å²) < 4.78 is 4.49. The smallest absolute Gasteiger partial charge is 0.313 e. The van der Waals surface area contributed by atoms with Gasteiger partial charge >= 0.3 is 5.97 Å². The second kappa shape index (κ2) is 28.5. The Morgan fingerprint density at radius 2 is 1.04 bits per heavy atom.